The number of rotatable bonds is 1. The van der Waals surface area contributed by atoms with Gasteiger partial charge in [-0.3, -0.25) is 0 Å². The second-order valence-electron chi connectivity index (χ2n) is 8.62. The summed E-state index contributed by atoms with van der Waals surface area (Å²) in [6, 6.07) is 25.8. The number of aromatic hydroxyl groups is 1. The molecule has 1 fully saturated rings. The third-order valence-corrected chi connectivity index (χ3v) is 7.42. The maximum absolute atomic E-state index is 9.87. The largest absolute Gasteiger partial charge is 0.508 e. The van der Waals surface area contributed by atoms with Gasteiger partial charge in [0.25, 0.3) is 0 Å². The van der Waals surface area contributed by atoms with Crippen LogP contribution in [0.25, 0.3) is 5.57 Å². The van der Waals surface area contributed by atoms with Gasteiger partial charge < -0.3 is 10.4 Å². The van der Waals surface area contributed by atoms with Crippen molar-refractivity contribution in [2.24, 2.45) is 0 Å². The van der Waals surface area contributed by atoms with Crippen molar-refractivity contribution in [1.29, 1.82) is 0 Å². The van der Waals surface area contributed by atoms with Crippen LogP contribution >= 0.6 is 0 Å². The molecule has 1 heterocycles. The molecule has 4 unspecified atom stereocenters. The molecule has 3 aromatic rings. The summed E-state index contributed by atoms with van der Waals surface area (Å²) >= 11 is 0. The van der Waals surface area contributed by atoms with E-state index in [2.05, 4.69) is 79.8 Å². The van der Waals surface area contributed by atoms with Crippen LogP contribution in [-0.4, -0.2) is 11.1 Å². The lowest BCUT2D eigenvalue weighted by Gasteiger charge is -2.34. The van der Waals surface area contributed by atoms with E-state index in [1.807, 2.05) is 12.1 Å². The van der Waals surface area contributed by atoms with Gasteiger partial charge in [0.1, 0.15) is 5.75 Å². The number of fused-ring (bicyclic) bond motifs is 7. The van der Waals surface area contributed by atoms with E-state index in [4.69, 9.17) is 0 Å². The average Bonchev–Trinajstić information content (AvgIpc) is 3.26. The second kappa shape index (κ2) is 5.29. The fourth-order valence-corrected chi connectivity index (χ4v) is 6.28. The standard InChI is InChI=1S/C26H23NO/c1-15-18-7-3-4-8-19(18)23-22(15)25-26(2,20-9-5-6-10-21(20)27-25)24(23)16-11-13-17(28)14-12-16/h3-14,23-25,27-28H,1-2H3. The molecule has 4 atom stereocenters. The van der Waals surface area contributed by atoms with Gasteiger partial charge >= 0.3 is 0 Å². The van der Waals surface area contributed by atoms with Gasteiger partial charge in [-0.05, 0) is 58.5 Å². The number of hydrogen-bond acceptors (Lipinski definition) is 2. The number of benzene rings is 3. The monoisotopic (exact) mass is 365 g/mol. The molecule has 0 spiro atoms. The number of phenols is 1. The highest BCUT2D eigenvalue weighted by molar-refractivity contribution is 5.84. The maximum atomic E-state index is 9.87. The fraction of sp³-hybridized carbons (Fsp3) is 0.231. The molecular formula is C26H23NO. The zero-order valence-electron chi connectivity index (χ0n) is 16.1. The van der Waals surface area contributed by atoms with Crippen LogP contribution in [0.5, 0.6) is 5.75 Å². The molecule has 3 aromatic carbocycles. The molecule has 2 heteroatoms. The van der Waals surface area contributed by atoms with Gasteiger partial charge in [-0.15, -0.1) is 0 Å². The quantitative estimate of drug-likeness (QED) is 0.570. The van der Waals surface area contributed by atoms with E-state index in [9.17, 15) is 5.11 Å². The molecule has 0 saturated heterocycles. The van der Waals surface area contributed by atoms with E-state index < -0.39 is 0 Å². The van der Waals surface area contributed by atoms with Crippen LogP contribution in [0.4, 0.5) is 5.69 Å². The second-order valence-corrected chi connectivity index (χ2v) is 8.62. The van der Waals surface area contributed by atoms with E-state index in [0.717, 1.165) is 0 Å². The Balaban J connectivity index is 1.66. The predicted molar refractivity (Wildman–Crippen MR) is 114 cm³/mol. The smallest absolute Gasteiger partial charge is 0.115 e. The topological polar surface area (TPSA) is 32.3 Å². The van der Waals surface area contributed by atoms with Crippen molar-refractivity contribution in [3.05, 3.63) is 101 Å². The van der Waals surface area contributed by atoms with Crippen molar-refractivity contribution in [3.63, 3.8) is 0 Å². The molecule has 6 rings (SSSR count). The Bertz CT molecular complexity index is 1140. The van der Waals surface area contributed by atoms with Crippen molar-refractivity contribution in [2.45, 2.75) is 37.1 Å². The highest BCUT2D eigenvalue weighted by Gasteiger charge is 2.62. The Kier molecular flexibility index (Phi) is 3.02. The number of phenolic OH excluding ortho intramolecular Hbond substituents is 1. The maximum Gasteiger partial charge on any atom is 0.115 e. The summed E-state index contributed by atoms with van der Waals surface area (Å²) in [4.78, 5) is 0. The SMILES string of the molecule is CC1=C2C(c3ccccc31)C(c1ccc(O)cc1)C1(C)c3ccccc3NC21. The molecule has 0 aromatic heterocycles. The van der Waals surface area contributed by atoms with Crippen molar-refractivity contribution in [2.75, 3.05) is 5.32 Å². The summed E-state index contributed by atoms with van der Waals surface area (Å²) in [5, 5.41) is 13.8. The van der Waals surface area contributed by atoms with E-state index in [1.54, 1.807) is 0 Å². The molecule has 0 amide bonds. The van der Waals surface area contributed by atoms with Crippen molar-refractivity contribution in [1.82, 2.24) is 0 Å². The summed E-state index contributed by atoms with van der Waals surface area (Å²) in [6.45, 7) is 4.72. The first-order chi connectivity index (χ1) is 13.6. The first-order valence-corrected chi connectivity index (χ1v) is 10.1. The van der Waals surface area contributed by atoms with E-state index in [0.29, 0.717) is 23.6 Å². The van der Waals surface area contributed by atoms with Gasteiger partial charge in [0.15, 0.2) is 0 Å². The first-order valence-electron chi connectivity index (χ1n) is 10.1. The van der Waals surface area contributed by atoms with Gasteiger partial charge in [0.2, 0.25) is 0 Å². The molecular weight excluding hydrogens is 342 g/mol. The van der Waals surface area contributed by atoms with Crippen molar-refractivity contribution in [3.8, 4) is 5.75 Å². The predicted octanol–water partition coefficient (Wildman–Crippen LogP) is 5.81. The molecule has 1 saturated carbocycles. The molecule has 2 N–H and O–H groups in total. The van der Waals surface area contributed by atoms with Crippen LogP contribution < -0.4 is 5.32 Å². The van der Waals surface area contributed by atoms with Crippen LogP contribution in [-0.2, 0) is 5.41 Å². The lowest BCUT2D eigenvalue weighted by molar-refractivity contribution is 0.410. The zero-order valence-corrected chi connectivity index (χ0v) is 16.1. The molecule has 1 aliphatic heterocycles. The molecule has 2 nitrogen and oxygen atoms in total. The average molecular weight is 365 g/mol. The summed E-state index contributed by atoms with van der Waals surface area (Å²) < 4.78 is 0. The minimum Gasteiger partial charge on any atom is -0.508 e. The number of hydrogen-bond donors (Lipinski definition) is 2. The number of para-hydroxylation sites is 1. The van der Waals surface area contributed by atoms with Crippen LogP contribution in [0.3, 0.4) is 0 Å². The highest BCUT2D eigenvalue weighted by atomic mass is 16.3. The number of nitrogens with one attached hydrogen (secondary N) is 1. The minimum absolute atomic E-state index is 0.0254. The normalized spacial score (nSPS) is 29.1. The Labute approximate surface area is 165 Å². The Hall–Kier alpha value is -3.00. The van der Waals surface area contributed by atoms with Gasteiger partial charge in [0.05, 0.1) is 6.04 Å². The molecule has 138 valence electrons. The Morgan fingerprint density at radius 1 is 0.893 bits per heavy atom. The number of anilines is 1. The Morgan fingerprint density at radius 3 is 2.43 bits per heavy atom. The summed E-state index contributed by atoms with van der Waals surface area (Å²) in [6.07, 6.45) is 0. The van der Waals surface area contributed by atoms with Gasteiger partial charge in [-0.1, -0.05) is 61.5 Å². The molecule has 2 aliphatic carbocycles. The summed E-state index contributed by atoms with van der Waals surface area (Å²) in [5.41, 5.74) is 9.75. The van der Waals surface area contributed by atoms with Crippen LogP contribution in [0.1, 0.15) is 47.9 Å². The number of allylic oxidation sites excluding steroid dienone is 1. The fourth-order valence-electron chi connectivity index (χ4n) is 6.28. The Morgan fingerprint density at radius 2 is 1.61 bits per heavy atom. The van der Waals surface area contributed by atoms with E-state index >= 15 is 0 Å². The van der Waals surface area contributed by atoms with Gasteiger partial charge in [-0.25, -0.2) is 0 Å². The molecule has 28 heavy (non-hydrogen) atoms. The lowest BCUT2D eigenvalue weighted by atomic mass is 9.67. The zero-order chi connectivity index (χ0) is 19.0. The summed E-state index contributed by atoms with van der Waals surface area (Å²) in [7, 11) is 0. The minimum atomic E-state index is -0.0254. The summed E-state index contributed by atoms with van der Waals surface area (Å²) in [5.74, 6) is 1.02. The van der Waals surface area contributed by atoms with Crippen molar-refractivity contribution >= 4 is 11.3 Å². The van der Waals surface area contributed by atoms with E-state index in [1.165, 1.54) is 39.1 Å². The molecule has 0 radical (unpaired) electrons. The lowest BCUT2D eigenvalue weighted by Crippen LogP contribution is -2.36. The van der Waals surface area contributed by atoms with Crippen LogP contribution in [0.15, 0.2) is 78.4 Å². The molecule has 3 aliphatic rings. The van der Waals surface area contributed by atoms with Gasteiger partial charge in [0, 0.05) is 22.9 Å². The van der Waals surface area contributed by atoms with Crippen molar-refractivity contribution < 1.29 is 5.11 Å². The van der Waals surface area contributed by atoms with Crippen LogP contribution in [0.2, 0.25) is 0 Å². The van der Waals surface area contributed by atoms with E-state index in [-0.39, 0.29) is 5.41 Å². The third-order valence-electron chi connectivity index (χ3n) is 7.42. The van der Waals surface area contributed by atoms with Crippen LogP contribution in [0, 0.1) is 0 Å². The highest BCUT2D eigenvalue weighted by Crippen LogP contribution is 2.68. The first kappa shape index (κ1) is 16.0. The molecule has 0 bridgehead atoms. The van der Waals surface area contributed by atoms with Gasteiger partial charge in [-0.2, -0.15) is 0 Å². The third kappa shape index (κ3) is 1.78.